The summed E-state index contributed by atoms with van der Waals surface area (Å²) in [5, 5.41) is 38.8. The number of oxime groups is 1. The van der Waals surface area contributed by atoms with Gasteiger partial charge >= 0.3 is 29.6 Å². The minimum Gasteiger partial charge on any atom is -0.662 e. The quantitative estimate of drug-likeness (QED) is 0.0255. The third kappa shape index (κ3) is 18.4. The first-order valence-corrected chi connectivity index (χ1v) is 23.5. The molecule has 0 radical (unpaired) electrons. The van der Waals surface area contributed by atoms with Crippen LogP contribution in [0.15, 0.2) is 128 Å². The summed E-state index contributed by atoms with van der Waals surface area (Å²) in [5.74, 6) is 4.88. The number of nitrogens with zero attached hydrogens (tertiary/aromatic N) is 8. The molecular formula is C52H50Cl2F3N10NaO9. The van der Waals surface area contributed by atoms with Crippen molar-refractivity contribution < 1.29 is 77.4 Å². The van der Waals surface area contributed by atoms with Gasteiger partial charge in [-0.05, 0) is 146 Å². The van der Waals surface area contributed by atoms with E-state index in [0.29, 0.717) is 61.3 Å². The number of amidine groups is 1. The standard InChI is InChI=1S/C22H19FN4O2.C15H15ClN2O2.C7H7FN2O.C7H4FN.CH2O3.ClH.H3NO.Na/c23-16-9-6-14(7-10-16)20-25-21(29-26-20)15-8-11-17-18(13-15)24-19-5-3-1-2-4-12-27(19)22(17)28;16-14(19)10-6-7-11-12(9-10)17-13-5-3-1-2-4-8-18(13)15(11)20;8-6-3-1-5(2-4-6)7(9)10-11;8-7-3-1-6(5-9)2-4-7;2-1-4-3;;1-2;/h6-11,13H,1-5,12H2;6-7,9H,1-5,8H2;1-4,11H,(H2,9,10);1-4H;1,3H;1H;2H,1H2;/q;;;;;;;+1/p-1. The second kappa shape index (κ2) is 33.0. The molecule has 0 fully saturated rings. The predicted molar refractivity (Wildman–Crippen MR) is 276 cm³/mol. The maximum Gasteiger partial charge on any atom is 1.00 e. The predicted octanol–water partition coefficient (Wildman–Crippen LogP) is 5.07. The fourth-order valence-electron chi connectivity index (χ4n) is 7.71. The van der Waals surface area contributed by atoms with E-state index in [1.807, 2.05) is 16.7 Å². The van der Waals surface area contributed by atoms with E-state index in [1.165, 1.54) is 73.5 Å². The van der Waals surface area contributed by atoms with Gasteiger partial charge in [0.15, 0.2) is 5.84 Å². The second-order valence-corrected chi connectivity index (χ2v) is 16.6. The third-order valence-electron chi connectivity index (χ3n) is 11.4. The molecule has 19 nitrogen and oxygen atoms in total. The molecule has 398 valence electrons. The zero-order valence-corrected chi connectivity index (χ0v) is 44.9. The van der Waals surface area contributed by atoms with Gasteiger partial charge in [-0.25, -0.2) is 29.0 Å². The molecule has 0 amide bonds. The Balaban J connectivity index is 0.000000282. The van der Waals surface area contributed by atoms with Crippen LogP contribution in [0.3, 0.4) is 0 Å². The Morgan fingerprint density at radius 2 is 1.16 bits per heavy atom. The summed E-state index contributed by atoms with van der Waals surface area (Å²) in [6.45, 7) is 1.27. The van der Waals surface area contributed by atoms with Crippen molar-refractivity contribution in [1.82, 2.24) is 29.2 Å². The Hall–Kier alpha value is -7.33. The number of fused-ring (bicyclic) bond motifs is 4. The maximum absolute atomic E-state index is 13.1. The zero-order chi connectivity index (χ0) is 54.3. The molecule has 0 saturated heterocycles. The minimum absolute atomic E-state index is 0. The number of hydrogen-bond donors (Lipinski definition) is 4. The Bertz CT molecular complexity index is 3380. The van der Waals surface area contributed by atoms with E-state index in [4.69, 9.17) is 52.6 Å². The first-order valence-electron chi connectivity index (χ1n) is 23.1. The van der Waals surface area contributed by atoms with Gasteiger partial charge in [-0.3, -0.25) is 28.3 Å². The van der Waals surface area contributed by atoms with Crippen LogP contribution in [-0.2, 0) is 35.6 Å². The number of nitriles is 1. The van der Waals surface area contributed by atoms with E-state index in [9.17, 15) is 27.6 Å². The van der Waals surface area contributed by atoms with Crippen LogP contribution in [0.1, 0.15) is 84.5 Å². The number of rotatable bonds is 5. The molecule has 2 aliphatic heterocycles. The Kier molecular flexibility index (Phi) is 27.4. The normalized spacial score (nSPS) is 12.4. The molecule has 25 heteroatoms. The van der Waals surface area contributed by atoms with E-state index in [1.54, 1.807) is 47.0 Å². The fraction of sp³-hybridized carbons (Fsp3) is 0.231. The van der Waals surface area contributed by atoms with Gasteiger partial charge < -0.3 is 30.8 Å². The van der Waals surface area contributed by atoms with Crippen LogP contribution >= 0.6 is 24.0 Å². The van der Waals surface area contributed by atoms with Gasteiger partial charge in [0.2, 0.25) is 5.82 Å². The second-order valence-electron chi connectivity index (χ2n) is 16.3. The topological polar surface area (TPSA) is 304 Å². The smallest absolute Gasteiger partial charge is 0.662 e. The molecule has 8 aromatic rings. The van der Waals surface area contributed by atoms with Crippen molar-refractivity contribution in [2.24, 2.45) is 16.8 Å². The van der Waals surface area contributed by atoms with E-state index in [-0.39, 0.29) is 82.8 Å². The average molecular weight is 1110 g/mol. The first kappa shape index (κ1) is 64.0. The molecule has 6 N–H and O–H groups in total. The number of aryl methyl sites for hydroxylation is 2. The zero-order valence-electron chi connectivity index (χ0n) is 41.4. The summed E-state index contributed by atoms with van der Waals surface area (Å²) in [4.78, 5) is 61.7. The molecule has 2 aliphatic rings. The fourth-order valence-corrected chi connectivity index (χ4v) is 7.82. The summed E-state index contributed by atoms with van der Waals surface area (Å²) < 4.78 is 46.5. The summed E-state index contributed by atoms with van der Waals surface area (Å²) in [6, 6.07) is 28.8. The van der Waals surface area contributed by atoms with E-state index >= 15 is 0 Å². The minimum atomic E-state index is -0.527. The van der Waals surface area contributed by atoms with Gasteiger partial charge in [0.25, 0.3) is 28.7 Å². The number of carbonyl (C=O) groups excluding carboxylic acids is 2. The average Bonchev–Trinajstić information content (AvgIpc) is 3.92. The molecule has 0 atom stereocenters. The van der Waals surface area contributed by atoms with Crippen molar-refractivity contribution in [2.75, 3.05) is 0 Å². The molecule has 5 aromatic carbocycles. The van der Waals surface area contributed by atoms with E-state index in [2.05, 4.69) is 31.1 Å². The molecular weight excluding hydrogens is 1060 g/mol. The molecule has 3 aromatic heterocycles. The van der Waals surface area contributed by atoms with Crippen LogP contribution < -0.4 is 57.6 Å². The van der Waals surface area contributed by atoms with Crippen molar-refractivity contribution in [1.29, 1.82) is 5.26 Å². The number of benzene rings is 5. The van der Waals surface area contributed by atoms with Crippen LogP contribution in [0.4, 0.5) is 13.2 Å². The molecule has 0 aliphatic carbocycles. The molecule has 0 saturated carbocycles. The van der Waals surface area contributed by atoms with Gasteiger partial charge in [0.05, 0.1) is 33.4 Å². The van der Waals surface area contributed by atoms with Crippen molar-refractivity contribution >= 4 is 63.4 Å². The van der Waals surface area contributed by atoms with Crippen LogP contribution in [0, 0.1) is 28.8 Å². The molecule has 5 heterocycles. The first-order chi connectivity index (χ1) is 36.3. The summed E-state index contributed by atoms with van der Waals surface area (Å²) in [6.07, 6.45) is 10.4. The van der Waals surface area contributed by atoms with Crippen molar-refractivity contribution in [3.63, 3.8) is 0 Å². The Morgan fingerprint density at radius 1 is 0.714 bits per heavy atom. The molecule has 0 unspecified atom stereocenters. The third-order valence-corrected chi connectivity index (χ3v) is 11.6. The largest absolute Gasteiger partial charge is 1.00 e. The molecule has 10 rings (SSSR count). The van der Waals surface area contributed by atoms with Crippen LogP contribution in [0.5, 0.6) is 0 Å². The van der Waals surface area contributed by atoms with Gasteiger partial charge in [-0.1, -0.05) is 36.0 Å². The van der Waals surface area contributed by atoms with Crippen LogP contribution in [0.2, 0.25) is 0 Å². The summed E-state index contributed by atoms with van der Waals surface area (Å²) in [5.41, 5.74) is 9.14. The number of halogens is 5. The van der Waals surface area contributed by atoms with Gasteiger partial charge in [-0.15, -0.1) is 12.4 Å². The van der Waals surface area contributed by atoms with E-state index < -0.39 is 5.24 Å². The number of carbonyl (C=O) groups is 2. The maximum atomic E-state index is 13.1. The summed E-state index contributed by atoms with van der Waals surface area (Å²) in [7, 11) is 0. The SMILES string of the molecule is Cl.N#Cc1ccc(F)cc1.N/C(=N/O)c1ccc(F)cc1.NO.O=C(Cl)c1ccc2c(=O)n3c(nc2c1)CCCCCC3.O=CO[O-].O=c1c2ccc(-c3nc(-c4ccc(F)cc4)no3)cc2nc2n1CCCCCC2.[Na+]. The molecule has 0 bridgehead atoms. The summed E-state index contributed by atoms with van der Waals surface area (Å²) >= 11 is 5.48. The number of hydrogen-bond acceptors (Lipinski definition) is 16. The van der Waals surface area contributed by atoms with E-state index in [0.717, 1.165) is 76.1 Å². The van der Waals surface area contributed by atoms with Gasteiger partial charge in [0, 0.05) is 48.2 Å². The van der Waals surface area contributed by atoms with Gasteiger partial charge in [-0.2, -0.15) is 10.2 Å². The van der Waals surface area contributed by atoms with Crippen molar-refractivity contribution in [3.05, 3.63) is 176 Å². The molecule has 77 heavy (non-hydrogen) atoms. The van der Waals surface area contributed by atoms with Crippen LogP contribution in [0.25, 0.3) is 44.6 Å². The van der Waals surface area contributed by atoms with Gasteiger partial charge in [0.1, 0.15) is 29.1 Å². The van der Waals surface area contributed by atoms with Crippen molar-refractivity contribution in [2.45, 2.75) is 77.3 Å². The van der Waals surface area contributed by atoms with Crippen molar-refractivity contribution in [3.8, 4) is 28.9 Å². The monoisotopic (exact) mass is 1110 g/mol. The van der Waals surface area contributed by atoms with Crippen LogP contribution in [-0.4, -0.2) is 57.2 Å². The molecule has 0 spiro atoms. The Morgan fingerprint density at radius 3 is 1.64 bits per heavy atom. The Labute approximate surface area is 471 Å². The number of aromatic nitrogens is 6. The number of nitrogens with two attached hydrogens (primary N) is 2.